The van der Waals surface area contributed by atoms with Gasteiger partial charge in [-0.1, -0.05) is 6.07 Å². The molecule has 0 saturated carbocycles. The number of esters is 1. The monoisotopic (exact) mass is 223 g/mol. The summed E-state index contributed by atoms with van der Waals surface area (Å²) in [5.41, 5.74) is 5.58. The number of carbonyl (C=O) groups excluding carboxylic acids is 1. The maximum atomic E-state index is 11.3. The number of benzene rings is 1. The van der Waals surface area contributed by atoms with E-state index in [9.17, 15) is 4.79 Å². The first-order chi connectivity index (χ1) is 7.48. The highest BCUT2D eigenvalue weighted by atomic mass is 16.5. The summed E-state index contributed by atoms with van der Waals surface area (Å²) in [7, 11) is 1.35. The molecule has 16 heavy (non-hydrogen) atoms. The first kappa shape index (κ1) is 12.5. The fraction of sp³-hybridized carbons (Fsp3) is 0.417. The first-order valence-corrected chi connectivity index (χ1v) is 5.06. The molecule has 0 heterocycles. The Labute approximate surface area is 95.3 Å². The van der Waals surface area contributed by atoms with Crippen LogP contribution in [0.15, 0.2) is 24.3 Å². The fourth-order valence-corrected chi connectivity index (χ4v) is 1.17. The van der Waals surface area contributed by atoms with Crippen molar-refractivity contribution in [2.24, 2.45) is 5.73 Å². The van der Waals surface area contributed by atoms with Gasteiger partial charge in [-0.3, -0.25) is 0 Å². The number of nitrogens with two attached hydrogens (primary N) is 1. The minimum absolute atomic E-state index is 0.379. The molecule has 88 valence electrons. The smallest absolute Gasteiger partial charge is 0.337 e. The molecule has 0 atom stereocenters. The number of hydrogen-bond donors (Lipinski definition) is 1. The van der Waals surface area contributed by atoms with E-state index >= 15 is 0 Å². The van der Waals surface area contributed by atoms with E-state index in [4.69, 9.17) is 10.5 Å². The molecule has 0 aromatic heterocycles. The molecule has 4 heteroatoms. The van der Waals surface area contributed by atoms with Crippen LogP contribution in [0.1, 0.15) is 24.2 Å². The van der Waals surface area contributed by atoms with Crippen LogP contribution in [0.3, 0.4) is 0 Å². The largest absolute Gasteiger partial charge is 0.487 e. The van der Waals surface area contributed by atoms with E-state index in [-0.39, 0.29) is 5.97 Å². The summed E-state index contributed by atoms with van der Waals surface area (Å²) in [4.78, 5) is 11.3. The molecule has 0 aliphatic carbocycles. The van der Waals surface area contributed by atoms with E-state index in [1.807, 2.05) is 13.8 Å². The van der Waals surface area contributed by atoms with Gasteiger partial charge in [-0.05, 0) is 32.0 Å². The molecule has 0 fully saturated rings. The van der Waals surface area contributed by atoms with Crippen LogP contribution in [-0.2, 0) is 4.74 Å². The maximum absolute atomic E-state index is 11.3. The molecule has 1 aromatic rings. The molecule has 0 bridgehead atoms. The van der Waals surface area contributed by atoms with E-state index in [0.29, 0.717) is 17.9 Å². The van der Waals surface area contributed by atoms with Crippen molar-refractivity contribution in [3.05, 3.63) is 29.8 Å². The van der Waals surface area contributed by atoms with E-state index < -0.39 is 5.60 Å². The lowest BCUT2D eigenvalue weighted by Gasteiger charge is -2.24. The van der Waals surface area contributed by atoms with Crippen LogP contribution in [0.4, 0.5) is 0 Å². The third-order valence-corrected chi connectivity index (χ3v) is 2.14. The molecule has 4 nitrogen and oxygen atoms in total. The third-order valence-electron chi connectivity index (χ3n) is 2.14. The maximum Gasteiger partial charge on any atom is 0.337 e. The van der Waals surface area contributed by atoms with Crippen LogP contribution in [0.2, 0.25) is 0 Å². The number of rotatable bonds is 4. The Hall–Kier alpha value is -1.55. The van der Waals surface area contributed by atoms with Gasteiger partial charge in [-0.25, -0.2) is 4.79 Å². The second-order valence-electron chi connectivity index (χ2n) is 4.09. The zero-order valence-electron chi connectivity index (χ0n) is 9.82. The second-order valence-corrected chi connectivity index (χ2v) is 4.09. The molecule has 0 saturated heterocycles. The van der Waals surface area contributed by atoms with Gasteiger partial charge in [0, 0.05) is 6.54 Å². The van der Waals surface area contributed by atoms with Gasteiger partial charge in [-0.2, -0.15) is 0 Å². The van der Waals surface area contributed by atoms with Gasteiger partial charge >= 0.3 is 5.97 Å². The quantitative estimate of drug-likeness (QED) is 0.787. The van der Waals surface area contributed by atoms with Crippen molar-refractivity contribution in [3.8, 4) is 5.75 Å². The third kappa shape index (κ3) is 3.24. The van der Waals surface area contributed by atoms with Crippen LogP contribution in [0.5, 0.6) is 5.75 Å². The van der Waals surface area contributed by atoms with E-state index in [1.54, 1.807) is 24.3 Å². The molecule has 1 rings (SSSR count). The zero-order valence-corrected chi connectivity index (χ0v) is 9.82. The average Bonchev–Trinajstić information content (AvgIpc) is 2.28. The Morgan fingerprint density at radius 3 is 2.69 bits per heavy atom. The first-order valence-electron chi connectivity index (χ1n) is 5.06. The normalized spacial score (nSPS) is 11.0. The number of methoxy groups -OCH3 is 1. The van der Waals surface area contributed by atoms with Gasteiger partial charge in [0.2, 0.25) is 0 Å². The van der Waals surface area contributed by atoms with Crippen LogP contribution >= 0.6 is 0 Å². The molecule has 0 spiro atoms. The minimum atomic E-state index is -0.450. The predicted octanol–water partition coefficient (Wildman–Crippen LogP) is 1.59. The lowest BCUT2D eigenvalue weighted by Crippen LogP contribution is -2.37. The lowest BCUT2D eigenvalue weighted by molar-refractivity contribution is 0.0598. The molecular formula is C12H17NO3. The molecule has 0 amide bonds. The van der Waals surface area contributed by atoms with Crippen LogP contribution < -0.4 is 10.5 Å². The Bertz CT molecular complexity index is 374. The van der Waals surface area contributed by atoms with Crippen LogP contribution in [0, 0.1) is 0 Å². The van der Waals surface area contributed by atoms with Gasteiger partial charge in [0.25, 0.3) is 0 Å². The van der Waals surface area contributed by atoms with Crippen molar-refractivity contribution in [2.75, 3.05) is 13.7 Å². The molecule has 0 unspecified atom stereocenters. The van der Waals surface area contributed by atoms with Gasteiger partial charge in [-0.15, -0.1) is 0 Å². The van der Waals surface area contributed by atoms with Crippen LogP contribution in [-0.4, -0.2) is 25.2 Å². The molecule has 0 aliphatic rings. The second kappa shape index (κ2) is 4.99. The number of hydrogen-bond acceptors (Lipinski definition) is 4. The van der Waals surface area contributed by atoms with Gasteiger partial charge in [0.05, 0.1) is 12.7 Å². The Balaban J connectivity index is 2.87. The SMILES string of the molecule is COC(=O)c1cccc(OC(C)(C)CN)c1. The summed E-state index contributed by atoms with van der Waals surface area (Å²) in [5.74, 6) is 0.231. The van der Waals surface area contributed by atoms with E-state index in [0.717, 1.165) is 0 Å². The standard InChI is InChI=1S/C12H17NO3/c1-12(2,8-13)16-10-6-4-5-9(7-10)11(14)15-3/h4-7H,8,13H2,1-3H3. The Kier molecular flexibility index (Phi) is 3.90. The molecule has 1 aromatic carbocycles. The highest BCUT2D eigenvalue weighted by molar-refractivity contribution is 5.89. The van der Waals surface area contributed by atoms with Crippen molar-refractivity contribution < 1.29 is 14.3 Å². The van der Waals surface area contributed by atoms with Crippen molar-refractivity contribution in [1.29, 1.82) is 0 Å². The van der Waals surface area contributed by atoms with Crippen LogP contribution in [0.25, 0.3) is 0 Å². The summed E-state index contributed by atoms with van der Waals surface area (Å²) in [6.07, 6.45) is 0. The fourth-order valence-electron chi connectivity index (χ4n) is 1.17. The van der Waals surface area contributed by atoms with Crippen molar-refractivity contribution >= 4 is 5.97 Å². The highest BCUT2D eigenvalue weighted by Crippen LogP contribution is 2.19. The zero-order chi connectivity index (χ0) is 12.2. The highest BCUT2D eigenvalue weighted by Gasteiger charge is 2.17. The summed E-state index contributed by atoms with van der Waals surface area (Å²) in [6, 6.07) is 6.84. The summed E-state index contributed by atoms with van der Waals surface area (Å²) < 4.78 is 10.3. The molecular weight excluding hydrogens is 206 g/mol. The topological polar surface area (TPSA) is 61.5 Å². The van der Waals surface area contributed by atoms with Gasteiger partial charge in [0.1, 0.15) is 11.4 Å². The number of ether oxygens (including phenoxy) is 2. The van der Waals surface area contributed by atoms with Crippen molar-refractivity contribution in [2.45, 2.75) is 19.4 Å². The predicted molar refractivity (Wildman–Crippen MR) is 61.5 cm³/mol. The van der Waals surface area contributed by atoms with E-state index in [1.165, 1.54) is 7.11 Å². The minimum Gasteiger partial charge on any atom is -0.487 e. The molecule has 0 radical (unpaired) electrons. The van der Waals surface area contributed by atoms with Gasteiger partial charge in [0.15, 0.2) is 0 Å². The lowest BCUT2D eigenvalue weighted by atomic mass is 10.1. The summed E-state index contributed by atoms with van der Waals surface area (Å²) in [6.45, 7) is 4.17. The molecule has 2 N–H and O–H groups in total. The van der Waals surface area contributed by atoms with Crippen molar-refractivity contribution in [1.82, 2.24) is 0 Å². The summed E-state index contributed by atoms with van der Waals surface area (Å²) >= 11 is 0. The average molecular weight is 223 g/mol. The Morgan fingerprint density at radius 2 is 2.12 bits per heavy atom. The molecule has 0 aliphatic heterocycles. The summed E-state index contributed by atoms with van der Waals surface area (Å²) in [5, 5.41) is 0. The Morgan fingerprint density at radius 1 is 1.44 bits per heavy atom. The number of carbonyl (C=O) groups is 1. The van der Waals surface area contributed by atoms with E-state index in [2.05, 4.69) is 4.74 Å². The van der Waals surface area contributed by atoms with Crippen molar-refractivity contribution in [3.63, 3.8) is 0 Å². The van der Waals surface area contributed by atoms with Gasteiger partial charge < -0.3 is 15.2 Å².